The fourth-order valence-corrected chi connectivity index (χ4v) is 5.23. The molecule has 4 nitrogen and oxygen atoms in total. The lowest BCUT2D eigenvalue weighted by Gasteiger charge is -2.31. The Hall–Kier alpha value is -1.69. The lowest BCUT2D eigenvalue weighted by Crippen LogP contribution is -2.50. The minimum absolute atomic E-state index is 0.0641. The Morgan fingerprint density at radius 3 is 2.50 bits per heavy atom. The zero-order valence-corrected chi connectivity index (χ0v) is 20.7. The highest BCUT2D eigenvalue weighted by Gasteiger charge is 2.28. The number of hydrogen-bond donors (Lipinski definition) is 1. The summed E-state index contributed by atoms with van der Waals surface area (Å²) in [5.41, 5.74) is 0.775. The third-order valence-electron chi connectivity index (χ3n) is 5.80. The van der Waals surface area contributed by atoms with E-state index in [0.717, 1.165) is 36.1 Å². The van der Waals surface area contributed by atoms with Gasteiger partial charge < -0.3 is 10.2 Å². The monoisotopic (exact) mass is 492 g/mol. The summed E-state index contributed by atoms with van der Waals surface area (Å²) in [5.74, 6) is 0.474. The summed E-state index contributed by atoms with van der Waals surface area (Å²) in [6, 6.07) is 14.8. The van der Waals surface area contributed by atoms with Gasteiger partial charge in [0.2, 0.25) is 11.8 Å². The minimum atomic E-state index is -0.585. The molecule has 1 atom stereocenters. The second-order valence-corrected chi connectivity index (χ2v) is 10.2. The van der Waals surface area contributed by atoms with Crippen molar-refractivity contribution in [3.05, 3.63) is 64.1 Å². The van der Waals surface area contributed by atoms with Crippen molar-refractivity contribution in [2.75, 3.05) is 5.75 Å². The summed E-state index contributed by atoms with van der Waals surface area (Å²) in [6.07, 6.45) is 5.84. The van der Waals surface area contributed by atoms with E-state index in [9.17, 15) is 9.59 Å². The largest absolute Gasteiger partial charge is 0.352 e. The number of amides is 2. The Kier molecular flexibility index (Phi) is 9.76. The Morgan fingerprint density at radius 2 is 1.81 bits per heavy atom. The van der Waals surface area contributed by atoms with Gasteiger partial charge in [0, 0.05) is 39.7 Å². The van der Waals surface area contributed by atoms with Crippen LogP contribution in [0.4, 0.5) is 0 Å². The van der Waals surface area contributed by atoms with Gasteiger partial charge in [0.25, 0.3) is 0 Å². The van der Waals surface area contributed by atoms with Gasteiger partial charge in [0.15, 0.2) is 0 Å². The molecule has 2 amide bonds. The molecule has 0 aliphatic heterocycles. The van der Waals surface area contributed by atoms with Gasteiger partial charge in [0.1, 0.15) is 6.04 Å². The number of carbonyl (C=O) groups excluding carboxylic acids is 2. The third kappa shape index (κ3) is 7.43. The maximum absolute atomic E-state index is 13.2. The lowest BCUT2D eigenvalue weighted by atomic mass is 9.95. The maximum atomic E-state index is 13.2. The average molecular weight is 494 g/mol. The normalized spacial score (nSPS) is 15.2. The third-order valence-corrected chi connectivity index (χ3v) is 7.40. The number of rotatable bonds is 9. The van der Waals surface area contributed by atoms with Crippen LogP contribution in [-0.4, -0.2) is 34.6 Å². The van der Waals surface area contributed by atoms with Crippen molar-refractivity contribution in [3.8, 4) is 0 Å². The molecule has 1 aliphatic carbocycles. The Bertz CT molecular complexity index is 904. The molecule has 1 fully saturated rings. The van der Waals surface area contributed by atoms with E-state index in [1.165, 1.54) is 6.42 Å². The Morgan fingerprint density at radius 1 is 1.09 bits per heavy atom. The van der Waals surface area contributed by atoms with E-state index in [4.69, 9.17) is 23.2 Å². The van der Waals surface area contributed by atoms with Crippen LogP contribution in [0, 0.1) is 0 Å². The maximum Gasteiger partial charge on any atom is 0.242 e. The molecule has 0 aromatic heterocycles. The van der Waals surface area contributed by atoms with E-state index >= 15 is 0 Å². The Balaban J connectivity index is 1.68. The van der Waals surface area contributed by atoms with Crippen molar-refractivity contribution >= 4 is 46.8 Å². The number of halogens is 2. The minimum Gasteiger partial charge on any atom is -0.352 e. The summed E-state index contributed by atoms with van der Waals surface area (Å²) in [6.45, 7) is 2.06. The first-order valence-corrected chi connectivity index (χ1v) is 12.9. The zero-order chi connectivity index (χ0) is 22.9. The van der Waals surface area contributed by atoms with Gasteiger partial charge >= 0.3 is 0 Å². The second-order valence-electron chi connectivity index (χ2n) is 8.19. The molecule has 32 heavy (non-hydrogen) atoms. The quantitative estimate of drug-likeness (QED) is 0.415. The van der Waals surface area contributed by atoms with E-state index in [-0.39, 0.29) is 24.4 Å². The molecule has 0 bridgehead atoms. The molecule has 7 heteroatoms. The predicted molar refractivity (Wildman–Crippen MR) is 133 cm³/mol. The fourth-order valence-electron chi connectivity index (χ4n) is 3.90. The molecule has 1 saturated carbocycles. The van der Waals surface area contributed by atoms with Crippen LogP contribution >= 0.6 is 35.0 Å². The number of thioether (sulfide) groups is 1. The highest BCUT2D eigenvalue weighted by Crippen LogP contribution is 2.25. The van der Waals surface area contributed by atoms with Crippen molar-refractivity contribution in [2.45, 2.75) is 69.0 Å². The summed E-state index contributed by atoms with van der Waals surface area (Å²) in [5, 5.41) is 4.19. The number of carbonyl (C=O) groups is 2. The zero-order valence-electron chi connectivity index (χ0n) is 18.4. The first-order valence-electron chi connectivity index (χ1n) is 11.2. The van der Waals surface area contributed by atoms with Crippen LogP contribution < -0.4 is 5.32 Å². The molecule has 172 valence electrons. The molecule has 2 aromatic carbocycles. The molecule has 2 aromatic rings. The molecule has 1 aliphatic rings. The van der Waals surface area contributed by atoms with Crippen LogP contribution in [0.5, 0.6) is 0 Å². The number of nitrogens with zero attached hydrogens (tertiary/aromatic N) is 1. The van der Waals surface area contributed by atoms with Crippen molar-refractivity contribution in [3.63, 3.8) is 0 Å². The van der Waals surface area contributed by atoms with Crippen molar-refractivity contribution in [1.29, 1.82) is 0 Å². The summed E-state index contributed by atoms with van der Waals surface area (Å²) in [4.78, 5) is 29.0. The standard InChI is InChI=1S/C25H30Cl2N2O2S/c1-18(25(31)28-21-8-4-2-5-9-21)29(17-19-12-13-20(26)16-23(19)27)24(30)14-15-32-22-10-6-3-7-11-22/h3,6-7,10-13,16,18,21H,2,4-5,8-9,14-15,17H2,1H3,(H,28,31)/t18-/m1/s1. The van der Waals surface area contributed by atoms with Crippen LogP contribution in [0.1, 0.15) is 51.0 Å². The number of hydrogen-bond acceptors (Lipinski definition) is 3. The van der Waals surface area contributed by atoms with E-state index in [1.54, 1.807) is 35.7 Å². The van der Waals surface area contributed by atoms with Crippen LogP contribution in [0.25, 0.3) is 0 Å². The molecule has 0 heterocycles. The summed E-state index contributed by atoms with van der Waals surface area (Å²) >= 11 is 14.0. The van der Waals surface area contributed by atoms with E-state index in [1.807, 2.05) is 36.4 Å². The molecule has 3 rings (SSSR count). The van der Waals surface area contributed by atoms with Gasteiger partial charge in [-0.25, -0.2) is 0 Å². The van der Waals surface area contributed by atoms with Crippen molar-refractivity contribution in [2.24, 2.45) is 0 Å². The molecule has 1 N–H and O–H groups in total. The lowest BCUT2D eigenvalue weighted by molar-refractivity contribution is -0.140. The van der Waals surface area contributed by atoms with Gasteiger partial charge in [-0.05, 0) is 49.6 Å². The van der Waals surface area contributed by atoms with Crippen molar-refractivity contribution < 1.29 is 9.59 Å². The molecular formula is C25H30Cl2N2O2S. The van der Waals surface area contributed by atoms with E-state index in [2.05, 4.69) is 5.32 Å². The summed E-state index contributed by atoms with van der Waals surface area (Å²) < 4.78 is 0. The van der Waals surface area contributed by atoms with Crippen molar-refractivity contribution in [1.82, 2.24) is 10.2 Å². The molecule has 0 saturated heterocycles. The first-order chi connectivity index (χ1) is 15.4. The molecular weight excluding hydrogens is 463 g/mol. The smallest absolute Gasteiger partial charge is 0.242 e. The SMILES string of the molecule is C[C@H](C(=O)NC1CCCCC1)N(Cc1ccc(Cl)cc1Cl)C(=O)CCSc1ccccc1. The van der Waals surface area contributed by atoms with Crippen LogP contribution in [0.3, 0.4) is 0 Å². The molecule has 0 spiro atoms. The van der Waals surface area contributed by atoms with Gasteiger partial charge in [-0.15, -0.1) is 11.8 Å². The van der Waals surface area contributed by atoms with Gasteiger partial charge in [-0.3, -0.25) is 9.59 Å². The Labute approximate surface area is 205 Å². The van der Waals surface area contributed by atoms with Crippen LogP contribution in [0.15, 0.2) is 53.4 Å². The number of benzene rings is 2. The van der Waals surface area contributed by atoms with Crippen LogP contribution in [-0.2, 0) is 16.1 Å². The molecule has 0 unspecified atom stereocenters. The van der Waals surface area contributed by atoms with Gasteiger partial charge in [-0.1, -0.05) is 66.7 Å². The van der Waals surface area contributed by atoms with Gasteiger partial charge in [-0.2, -0.15) is 0 Å². The molecule has 0 radical (unpaired) electrons. The first kappa shape index (κ1) is 24.9. The van der Waals surface area contributed by atoms with E-state index < -0.39 is 6.04 Å². The predicted octanol–water partition coefficient (Wildman–Crippen LogP) is 6.34. The second kappa shape index (κ2) is 12.5. The highest BCUT2D eigenvalue weighted by molar-refractivity contribution is 7.99. The average Bonchev–Trinajstić information content (AvgIpc) is 2.79. The number of nitrogens with one attached hydrogen (secondary N) is 1. The fraction of sp³-hybridized carbons (Fsp3) is 0.440. The highest BCUT2D eigenvalue weighted by atomic mass is 35.5. The topological polar surface area (TPSA) is 49.4 Å². The van der Waals surface area contributed by atoms with E-state index in [0.29, 0.717) is 22.2 Å². The summed E-state index contributed by atoms with van der Waals surface area (Å²) in [7, 11) is 0. The van der Waals surface area contributed by atoms with Gasteiger partial charge in [0.05, 0.1) is 0 Å². The van der Waals surface area contributed by atoms with Crippen LogP contribution in [0.2, 0.25) is 10.0 Å².